The van der Waals surface area contributed by atoms with Gasteiger partial charge in [0.25, 0.3) is 0 Å². The summed E-state index contributed by atoms with van der Waals surface area (Å²) in [5, 5.41) is 6.87. The van der Waals surface area contributed by atoms with Gasteiger partial charge >= 0.3 is 0 Å². The fourth-order valence-corrected chi connectivity index (χ4v) is 4.09. The number of rotatable bonds is 11. The van der Waals surface area contributed by atoms with E-state index in [4.69, 9.17) is 14.5 Å². The molecule has 1 aromatic carbocycles. The lowest BCUT2D eigenvalue weighted by molar-refractivity contribution is 0.152. The molecule has 2 heterocycles. The van der Waals surface area contributed by atoms with E-state index in [2.05, 4.69) is 59.5 Å². The summed E-state index contributed by atoms with van der Waals surface area (Å²) in [5.74, 6) is 2.32. The van der Waals surface area contributed by atoms with Crippen molar-refractivity contribution in [3.05, 3.63) is 29.3 Å². The van der Waals surface area contributed by atoms with Crippen LogP contribution in [0.5, 0.6) is 5.75 Å². The van der Waals surface area contributed by atoms with E-state index < -0.39 is 0 Å². The maximum absolute atomic E-state index is 6.17. The molecule has 0 spiro atoms. The first-order valence-corrected chi connectivity index (χ1v) is 12.4. The van der Waals surface area contributed by atoms with Crippen molar-refractivity contribution in [2.75, 3.05) is 72.7 Å². The monoisotopic (exact) mass is 445 g/mol. The van der Waals surface area contributed by atoms with E-state index in [1.165, 1.54) is 44.7 Å². The summed E-state index contributed by atoms with van der Waals surface area (Å²) in [6.45, 7) is 15.0. The summed E-state index contributed by atoms with van der Waals surface area (Å²) in [5.41, 5.74) is 2.34. The molecule has 0 amide bonds. The minimum absolute atomic E-state index is 0.497. The second-order valence-corrected chi connectivity index (χ2v) is 9.13. The van der Waals surface area contributed by atoms with Gasteiger partial charge in [-0.3, -0.25) is 0 Å². The highest BCUT2D eigenvalue weighted by Gasteiger charge is 2.17. The molecule has 180 valence electrons. The van der Waals surface area contributed by atoms with E-state index >= 15 is 0 Å². The van der Waals surface area contributed by atoms with Crippen LogP contribution < -0.4 is 15.4 Å². The SMILES string of the molecule is CCNC(=NCc1ccc(C)cc1OCC1CCOC1)NCCCCN1CCN(C)CC1. The van der Waals surface area contributed by atoms with Crippen LogP contribution in [0.2, 0.25) is 0 Å². The third-order valence-electron chi connectivity index (χ3n) is 6.26. The van der Waals surface area contributed by atoms with E-state index in [-0.39, 0.29) is 0 Å². The lowest BCUT2D eigenvalue weighted by Gasteiger charge is -2.32. The topological polar surface area (TPSA) is 61.4 Å². The minimum Gasteiger partial charge on any atom is -0.493 e. The van der Waals surface area contributed by atoms with Crippen molar-refractivity contribution in [1.82, 2.24) is 20.4 Å². The van der Waals surface area contributed by atoms with Gasteiger partial charge in [0.1, 0.15) is 5.75 Å². The molecule has 2 aliphatic heterocycles. The maximum Gasteiger partial charge on any atom is 0.191 e. The number of nitrogens with zero attached hydrogens (tertiary/aromatic N) is 3. The van der Waals surface area contributed by atoms with Gasteiger partial charge in [0, 0.05) is 57.4 Å². The third-order valence-corrected chi connectivity index (χ3v) is 6.26. The Labute approximate surface area is 194 Å². The van der Waals surface area contributed by atoms with Crippen LogP contribution in [0.3, 0.4) is 0 Å². The van der Waals surface area contributed by atoms with Crippen LogP contribution in [0.15, 0.2) is 23.2 Å². The molecule has 1 unspecified atom stereocenters. The highest BCUT2D eigenvalue weighted by atomic mass is 16.5. The molecule has 2 fully saturated rings. The van der Waals surface area contributed by atoms with Crippen molar-refractivity contribution in [2.45, 2.75) is 39.7 Å². The van der Waals surface area contributed by atoms with Gasteiger partial charge in [-0.2, -0.15) is 0 Å². The molecule has 3 rings (SSSR count). The molecule has 2 saturated heterocycles. The molecule has 0 aromatic heterocycles. The second kappa shape index (κ2) is 13.7. The summed E-state index contributed by atoms with van der Waals surface area (Å²) in [6.07, 6.45) is 3.46. The van der Waals surface area contributed by atoms with Crippen molar-refractivity contribution in [2.24, 2.45) is 10.9 Å². The number of benzene rings is 1. The van der Waals surface area contributed by atoms with Gasteiger partial charge in [-0.1, -0.05) is 12.1 Å². The largest absolute Gasteiger partial charge is 0.493 e. The van der Waals surface area contributed by atoms with Crippen molar-refractivity contribution >= 4 is 5.96 Å². The Morgan fingerprint density at radius 3 is 2.78 bits per heavy atom. The van der Waals surface area contributed by atoms with Crippen LogP contribution in [0.4, 0.5) is 0 Å². The Morgan fingerprint density at radius 1 is 1.19 bits per heavy atom. The standard InChI is InChI=1S/C25H43N5O2/c1-4-26-25(27-10-5-6-11-30-14-12-29(3)13-15-30)28-18-23-8-7-21(2)17-24(23)32-20-22-9-16-31-19-22/h7-8,17,22H,4-6,9-16,18-20H2,1-3H3,(H2,26,27,28). The summed E-state index contributed by atoms with van der Waals surface area (Å²) >= 11 is 0. The normalized spacial score (nSPS) is 20.5. The third kappa shape index (κ3) is 8.60. The summed E-state index contributed by atoms with van der Waals surface area (Å²) in [7, 11) is 2.21. The number of aliphatic imine (C=N–C) groups is 1. The molecule has 2 aliphatic rings. The fourth-order valence-electron chi connectivity index (χ4n) is 4.09. The molecule has 1 aromatic rings. The zero-order chi connectivity index (χ0) is 22.6. The lowest BCUT2D eigenvalue weighted by atomic mass is 10.1. The molecule has 32 heavy (non-hydrogen) atoms. The van der Waals surface area contributed by atoms with E-state index in [0.717, 1.165) is 56.4 Å². The molecule has 2 N–H and O–H groups in total. The first-order valence-electron chi connectivity index (χ1n) is 12.4. The average molecular weight is 446 g/mol. The highest BCUT2D eigenvalue weighted by Crippen LogP contribution is 2.23. The molecule has 1 atom stereocenters. The zero-order valence-electron chi connectivity index (χ0n) is 20.4. The number of hydrogen-bond donors (Lipinski definition) is 2. The van der Waals surface area contributed by atoms with Crippen LogP contribution in [-0.4, -0.2) is 88.4 Å². The van der Waals surface area contributed by atoms with Gasteiger partial charge in [-0.05, 0) is 58.3 Å². The number of aryl methyl sites for hydroxylation is 1. The number of ether oxygens (including phenoxy) is 2. The minimum atomic E-state index is 0.497. The van der Waals surface area contributed by atoms with E-state index in [9.17, 15) is 0 Å². The van der Waals surface area contributed by atoms with Crippen molar-refractivity contribution in [1.29, 1.82) is 0 Å². The van der Waals surface area contributed by atoms with Crippen LogP contribution >= 0.6 is 0 Å². The van der Waals surface area contributed by atoms with Crippen LogP contribution in [0, 0.1) is 12.8 Å². The van der Waals surface area contributed by atoms with Crippen LogP contribution in [-0.2, 0) is 11.3 Å². The van der Waals surface area contributed by atoms with E-state index in [0.29, 0.717) is 19.1 Å². The quantitative estimate of drug-likeness (QED) is 0.310. The Bertz CT molecular complexity index is 698. The van der Waals surface area contributed by atoms with Crippen molar-refractivity contribution in [3.63, 3.8) is 0 Å². The first-order chi connectivity index (χ1) is 15.6. The zero-order valence-corrected chi connectivity index (χ0v) is 20.4. The Kier molecular flexibility index (Phi) is 10.6. The molecule has 7 heteroatoms. The lowest BCUT2D eigenvalue weighted by Crippen LogP contribution is -2.44. The van der Waals surface area contributed by atoms with Gasteiger partial charge in [-0.15, -0.1) is 0 Å². The van der Waals surface area contributed by atoms with Gasteiger partial charge in [0.05, 0.1) is 19.8 Å². The average Bonchev–Trinajstić information content (AvgIpc) is 3.31. The van der Waals surface area contributed by atoms with E-state index in [1.54, 1.807) is 0 Å². The predicted molar refractivity (Wildman–Crippen MR) is 132 cm³/mol. The molecular weight excluding hydrogens is 402 g/mol. The molecular formula is C25H43N5O2. The summed E-state index contributed by atoms with van der Waals surface area (Å²) < 4.78 is 11.6. The predicted octanol–water partition coefficient (Wildman–Crippen LogP) is 2.49. The van der Waals surface area contributed by atoms with Crippen LogP contribution in [0.1, 0.15) is 37.3 Å². The smallest absolute Gasteiger partial charge is 0.191 e. The van der Waals surface area contributed by atoms with E-state index in [1.807, 2.05) is 0 Å². The number of nitrogens with one attached hydrogen (secondary N) is 2. The first kappa shape index (κ1) is 24.8. The Morgan fingerprint density at radius 2 is 2.03 bits per heavy atom. The van der Waals surface area contributed by atoms with Crippen LogP contribution in [0.25, 0.3) is 0 Å². The summed E-state index contributed by atoms with van der Waals surface area (Å²) in [6, 6.07) is 6.40. The van der Waals surface area contributed by atoms with Gasteiger partial charge in [0.2, 0.25) is 0 Å². The molecule has 0 bridgehead atoms. The Hall–Kier alpha value is -1.83. The van der Waals surface area contributed by atoms with Crippen molar-refractivity contribution < 1.29 is 9.47 Å². The number of guanidine groups is 1. The second-order valence-electron chi connectivity index (χ2n) is 9.13. The maximum atomic E-state index is 6.17. The molecule has 0 aliphatic carbocycles. The van der Waals surface area contributed by atoms with Gasteiger partial charge < -0.3 is 29.9 Å². The Balaban J connectivity index is 1.44. The number of unbranched alkanes of at least 4 members (excludes halogenated alkanes) is 1. The molecule has 0 saturated carbocycles. The molecule has 0 radical (unpaired) electrons. The van der Waals surface area contributed by atoms with Gasteiger partial charge in [0.15, 0.2) is 5.96 Å². The number of piperazine rings is 1. The molecule has 7 nitrogen and oxygen atoms in total. The number of hydrogen-bond acceptors (Lipinski definition) is 5. The fraction of sp³-hybridized carbons (Fsp3) is 0.720. The highest BCUT2D eigenvalue weighted by molar-refractivity contribution is 5.79. The van der Waals surface area contributed by atoms with Crippen molar-refractivity contribution in [3.8, 4) is 5.75 Å². The number of likely N-dealkylation sites (N-methyl/N-ethyl adjacent to an activating group) is 1. The summed E-state index contributed by atoms with van der Waals surface area (Å²) in [4.78, 5) is 9.81. The van der Waals surface area contributed by atoms with Gasteiger partial charge in [-0.25, -0.2) is 4.99 Å².